The molecule has 2 N–H and O–H groups in total. The molecule has 5 nitrogen and oxygen atoms in total. The van der Waals surface area contributed by atoms with Gasteiger partial charge in [0.05, 0.1) is 12.0 Å². The third kappa shape index (κ3) is 5.84. The van der Waals surface area contributed by atoms with Gasteiger partial charge in [-0.3, -0.25) is 4.79 Å². The first-order valence-electron chi connectivity index (χ1n) is 10.9. The van der Waals surface area contributed by atoms with E-state index >= 15 is 0 Å². The normalized spacial score (nSPS) is 18.7. The molecule has 0 unspecified atom stereocenters. The molecule has 0 bridgehead atoms. The summed E-state index contributed by atoms with van der Waals surface area (Å²) in [6, 6.07) is 12.6. The van der Waals surface area contributed by atoms with Crippen LogP contribution in [0.15, 0.2) is 42.5 Å². The van der Waals surface area contributed by atoms with Crippen LogP contribution in [0.3, 0.4) is 0 Å². The van der Waals surface area contributed by atoms with Gasteiger partial charge in [0.15, 0.2) is 0 Å². The number of rotatable bonds is 5. The van der Waals surface area contributed by atoms with Gasteiger partial charge in [-0.15, -0.1) is 0 Å². The minimum Gasteiger partial charge on any atom is -0.352 e. The molecule has 1 heterocycles. The van der Waals surface area contributed by atoms with E-state index in [9.17, 15) is 14.0 Å². The van der Waals surface area contributed by atoms with Crippen LogP contribution in [0.1, 0.15) is 55.0 Å². The number of urea groups is 1. The Kier molecular flexibility index (Phi) is 7.31. The lowest BCUT2D eigenvalue weighted by atomic mass is 9.88. The number of nitrogens with zero attached hydrogens (tertiary/aromatic N) is 1. The van der Waals surface area contributed by atoms with Crippen molar-refractivity contribution in [3.8, 4) is 0 Å². The predicted octanol–water partition coefficient (Wildman–Crippen LogP) is 4.63. The van der Waals surface area contributed by atoms with E-state index in [-0.39, 0.29) is 35.8 Å². The van der Waals surface area contributed by atoms with E-state index < -0.39 is 0 Å². The Labute approximate surface area is 184 Å². The van der Waals surface area contributed by atoms with Crippen LogP contribution in [-0.2, 0) is 11.3 Å². The molecule has 0 spiro atoms. The molecular weight excluding hydrogens is 393 g/mol. The number of halogens is 1. The average molecular weight is 426 g/mol. The van der Waals surface area contributed by atoms with E-state index in [2.05, 4.69) is 16.7 Å². The van der Waals surface area contributed by atoms with Gasteiger partial charge < -0.3 is 15.5 Å². The van der Waals surface area contributed by atoms with Gasteiger partial charge in [-0.05, 0) is 63.3 Å². The van der Waals surface area contributed by atoms with Gasteiger partial charge in [0.1, 0.15) is 5.82 Å². The molecule has 2 atom stereocenters. The molecule has 0 aliphatic carbocycles. The van der Waals surface area contributed by atoms with Crippen molar-refractivity contribution in [1.82, 2.24) is 15.5 Å². The number of carbonyl (C=O) groups excluding carboxylic acids is 2. The van der Waals surface area contributed by atoms with E-state index in [1.807, 2.05) is 39.0 Å². The fraction of sp³-hybridized carbons (Fsp3) is 0.440. The monoisotopic (exact) mass is 425 g/mol. The molecule has 166 valence electrons. The first-order valence-corrected chi connectivity index (χ1v) is 10.9. The van der Waals surface area contributed by atoms with Gasteiger partial charge in [-0.2, -0.15) is 0 Å². The van der Waals surface area contributed by atoms with Gasteiger partial charge in [-0.25, -0.2) is 9.18 Å². The number of piperidine rings is 1. The van der Waals surface area contributed by atoms with E-state index in [1.54, 1.807) is 24.0 Å². The highest BCUT2D eigenvalue weighted by molar-refractivity contribution is 5.81. The van der Waals surface area contributed by atoms with Gasteiger partial charge >= 0.3 is 6.03 Å². The Morgan fingerprint density at radius 3 is 2.58 bits per heavy atom. The largest absolute Gasteiger partial charge is 0.352 e. The van der Waals surface area contributed by atoms with Crippen LogP contribution in [0.4, 0.5) is 9.18 Å². The van der Waals surface area contributed by atoms with Gasteiger partial charge in [0.25, 0.3) is 0 Å². The number of benzene rings is 2. The highest BCUT2D eigenvalue weighted by atomic mass is 19.1. The van der Waals surface area contributed by atoms with Crippen LogP contribution in [0.25, 0.3) is 0 Å². The summed E-state index contributed by atoms with van der Waals surface area (Å²) < 4.78 is 13.8. The minimum absolute atomic E-state index is 0.0152. The lowest BCUT2D eigenvalue weighted by Crippen LogP contribution is -2.51. The number of carbonyl (C=O) groups is 2. The van der Waals surface area contributed by atoms with E-state index in [1.165, 1.54) is 6.07 Å². The zero-order valence-corrected chi connectivity index (χ0v) is 18.7. The Balaban J connectivity index is 1.73. The van der Waals surface area contributed by atoms with Crippen molar-refractivity contribution in [2.45, 2.75) is 59.2 Å². The lowest BCUT2D eigenvalue weighted by Gasteiger charge is -2.40. The number of hydrogen-bond donors (Lipinski definition) is 2. The smallest absolute Gasteiger partial charge is 0.318 e. The molecule has 1 fully saturated rings. The van der Waals surface area contributed by atoms with Gasteiger partial charge in [-0.1, -0.05) is 42.0 Å². The highest BCUT2D eigenvalue weighted by Gasteiger charge is 2.35. The summed E-state index contributed by atoms with van der Waals surface area (Å²) >= 11 is 0. The van der Waals surface area contributed by atoms with Crippen molar-refractivity contribution in [1.29, 1.82) is 0 Å². The molecule has 3 amide bonds. The molecular formula is C25H32FN3O2. The zero-order valence-electron chi connectivity index (χ0n) is 18.7. The molecule has 3 rings (SSSR count). The number of likely N-dealkylation sites (tertiary alicyclic amines) is 1. The summed E-state index contributed by atoms with van der Waals surface area (Å²) in [4.78, 5) is 27.5. The highest BCUT2D eigenvalue weighted by Crippen LogP contribution is 2.34. The fourth-order valence-corrected chi connectivity index (χ4v) is 4.12. The maximum absolute atomic E-state index is 13.8. The Hall–Kier alpha value is -2.89. The molecule has 0 radical (unpaired) electrons. The van der Waals surface area contributed by atoms with Crippen molar-refractivity contribution < 1.29 is 14.0 Å². The summed E-state index contributed by atoms with van der Waals surface area (Å²) in [5, 5.41) is 5.96. The average Bonchev–Trinajstić information content (AvgIpc) is 2.73. The van der Waals surface area contributed by atoms with Crippen LogP contribution in [-0.4, -0.2) is 29.4 Å². The van der Waals surface area contributed by atoms with E-state index in [0.29, 0.717) is 31.5 Å². The maximum Gasteiger partial charge on any atom is 0.318 e. The molecule has 0 aromatic heterocycles. The van der Waals surface area contributed by atoms with E-state index in [4.69, 9.17) is 0 Å². The Morgan fingerprint density at radius 1 is 1.13 bits per heavy atom. The summed E-state index contributed by atoms with van der Waals surface area (Å²) in [6.07, 6.45) is 1.32. The van der Waals surface area contributed by atoms with E-state index in [0.717, 1.165) is 16.7 Å². The SMILES string of the molecule is Cc1cccc(CNC(=O)[C@@H]2CC[C@@H](c3ccc(F)c(C)c3)N(C(=O)NC(C)C)C2)c1. The van der Waals surface area contributed by atoms with Crippen LogP contribution in [0, 0.1) is 25.6 Å². The van der Waals surface area contributed by atoms with Gasteiger partial charge in [0, 0.05) is 19.1 Å². The van der Waals surface area contributed by atoms with Crippen LogP contribution in [0.2, 0.25) is 0 Å². The van der Waals surface area contributed by atoms with Gasteiger partial charge in [0.2, 0.25) is 5.91 Å². The van der Waals surface area contributed by atoms with Crippen LogP contribution >= 0.6 is 0 Å². The predicted molar refractivity (Wildman–Crippen MR) is 120 cm³/mol. The summed E-state index contributed by atoms with van der Waals surface area (Å²) in [7, 11) is 0. The first kappa shape index (κ1) is 22.8. The maximum atomic E-state index is 13.8. The van der Waals surface area contributed by atoms with Crippen LogP contribution < -0.4 is 10.6 Å². The summed E-state index contributed by atoms with van der Waals surface area (Å²) in [5.41, 5.74) is 3.66. The third-order valence-electron chi connectivity index (χ3n) is 5.74. The minimum atomic E-state index is -0.277. The lowest BCUT2D eigenvalue weighted by molar-refractivity contribution is -0.126. The Bertz CT molecular complexity index is 944. The van der Waals surface area contributed by atoms with Crippen molar-refractivity contribution >= 4 is 11.9 Å². The molecule has 2 aromatic carbocycles. The molecule has 2 aromatic rings. The Morgan fingerprint density at radius 2 is 1.90 bits per heavy atom. The topological polar surface area (TPSA) is 61.4 Å². The molecule has 31 heavy (non-hydrogen) atoms. The van der Waals surface area contributed by atoms with Crippen molar-refractivity contribution in [3.63, 3.8) is 0 Å². The zero-order chi connectivity index (χ0) is 22.5. The van der Waals surface area contributed by atoms with Crippen LogP contribution in [0.5, 0.6) is 0 Å². The summed E-state index contributed by atoms with van der Waals surface area (Å²) in [6.45, 7) is 8.36. The van der Waals surface area contributed by atoms with Crippen molar-refractivity contribution in [2.75, 3.05) is 6.54 Å². The number of nitrogens with one attached hydrogen (secondary N) is 2. The second-order valence-electron chi connectivity index (χ2n) is 8.76. The summed E-state index contributed by atoms with van der Waals surface area (Å²) in [5.74, 6) is -0.579. The molecule has 1 aliphatic heterocycles. The molecule has 1 aliphatic rings. The molecule has 6 heteroatoms. The third-order valence-corrected chi connectivity index (χ3v) is 5.74. The second-order valence-corrected chi connectivity index (χ2v) is 8.76. The number of aryl methyl sites for hydroxylation is 2. The fourth-order valence-electron chi connectivity index (χ4n) is 4.12. The molecule has 1 saturated heterocycles. The molecule has 0 saturated carbocycles. The first-order chi connectivity index (χ1) is 14.7. The van der Waals surface area contributed by atoms with Crippen molar-refractivity contribution in [2.24, 2.45) is 5.92 Å². The number of hydrogen-bond acceptors (Lipinski definition) is 2. The standard InChI is InChI=1S/C25H32FN3O2/c1-16(2)28-25(31)29-15-21(24(30)27-14-19-7-5-6-17(3)12-19)9-11-23(29)20-8-10-22(26)18(4)13-20/h5-8,10,12-13,16,21,23H,9,11,14-15H2,1-4H3,(H,27,30)(H,28,31)/t21-,23+/m1/s1. The second kappa shape index (κ2) is 9.94. The number of amides is 3. The van der Waals surface area contributed by atoms with Crippen molar-refractivity contribution in [3.05, 3.63) is 70.5 Å². The quantitative estimate of drug-likeness (QED) is 0.734.